The van der Waals surface area contributed by atoms with Crippen molar-refractivity contribution in [1.29, 1.82) is 0 Å². The number of ether oxygens (including phenoxy) is 2. The van der Waals surface area contributed by atoms with E-state index >= 15 is 0 Å². The van der Waals surface area contributed by atoms with Crippen molar-refractivity contribution in [2.75, 3.05) is 6.61 Å². The van der Waals surface area contributed by atoms with Crippen molar-refractivity contribution >= 4 is 0 Å². The maximum atomic E-state index is 5.67. The number of nitrogens with zero attached hydrogens (tertiary/aromatic N) is 1. The number of rotatable bonds is 4. The number of benzene rings is 1. The average molecular weight is 239 g/mol. The van der Waals surface area contributed by atoms with Crippen LogP contribution in [0.3, 0.4) is 0 Å². The van der Waals surface area contributed by atoms with Crippen molar-refractivity contribution in [2.45, 2.75) is 6.92 Å². The predicted molar refractivity (Wildman–Crippen MR) is 69.7 cm³/mol. The van der Waals surface area contributed by atoms with Gasteiger partial charge in [0, 0.05) is 12.3 Å². The van der Waals surface area contributed by atoms with Crippen molar-refractivity contribution in [3.8, 4) is 29.2 Å². The molecule has 0 aliphatic heterocycles. The summed E-state index contributed by atoms with van der Waals surface area (Å²) in [6, 6.07) is 13.1. The number of para-hydroxylation sites is 1. The van der Waals surface area contributed by atoms with Crippen molar-refractivity contribution < 1.29 is 9.47 Å². The summed E-state index contributed by atoms with van der Waals surface area (Å²) < 4.78 is 11.0. The van der Waals surface area contributed by atoms with Gasteiger partial charge in [-0.05, 0) is 25.1 Å². The largest absolute Gasteiger partial charge is 0.464 e. The second-order valence-electron chi connectivity index (χ2n) is 3.46. The Morgan fingerprint density at radius 1 is 1.11 bits per heavy atom. The molecule has 18 heavy (non-hydrogen) atoms. The second kappa shape index (κ2) is 6.31. The van der Waals surface area contributed by atoms with Crippen LogP contribution in [0.2, 0.25) is 0 Å². The Morgan fingerprint density at radius 2 is 1.94 bits per heavy atom. The molecule has 0 radical (unpaired) electrons. The molecule has 0 spiro atoms. The maximum absolute atomic E-state index is 5.67. The molecule has 0 saturated carbocycles. The van der Waals surface area contributed by atoms with Crippen LogP contribution in [0.1, 0.15) is 6.92 Å². The molecular formula is C15H13NO2. The van der Waals surface area contributed by atoms with E-state index in [0.29, 0.717) is 18.2 Å². The van der Waals surface area contributed by atoms with Gasteiger partial charge in [0.25, 0.3) is 0 Å². The summed E-state index contributed by atoms with van der Waals surface area (Å²) in [5.41, 5.74) is 0. The first kappa shape index (κ1) is 12.0. The van der Waals surface area contributed by atoms with E-state index in [0.717, 1.165) is 5.75 Å². The lowest BCUT2D eigenvalue weighted by Crippen LogP contribution is -1.96. The minimum Gasteiger partial charge on any atom is -0.464 e. The summed E-state index contributed by atoms with van der Waals surface area (Å²) in [6.45, 7) is 2.10. The van der Waals surface area contributed by atoms with Crippen LogP contribution < -0.4 is 9.47 Å². The third-order valence-corrected chi connectivity index (χ3v) is 2.15. The van der Waals surface area contributed by atoms with Crippen molar-refractivity contribution in [3.05, 3.63) is 48.7 Å². The topological polar surface area (TPSA) is 31.4 Å². The van der Waals surface area contributed by atoms with Crippen molar-refractivity contribution in [1.82, 2.24) is 4.98 Å². The Morgan fingerprint density at radius 3 is 2.72 bits per heavy atom. The molecule has 0 aliphatic carbocycles. The van der Waals surface area contributed by atoms with Crippen LogP contribution in [0.4, 0.5) is 0 Å². The zero-order valence-electron chi connectivity index (χ0n) is 10.1. The van der Waals surface area contributed by atoms with Crippen LogP contribution in [-0.2, 0) is 0 Å². The van der Waals surface area contributed by atoms with E-state index in [1.807, 2.05) is 30.3 Å². The summed E-state index contributed by atoms with van der Waals surface area (Å²) in [7, 11) is 0. The van der Waals surface area contributed by atoms with Gasteiger partial charge >= 0.3 is 0 Å². The number of pyridine rings is 1. The van der Waals surface area contributed by atoms with Crippen LogP contribution >= 0.6 is 0 Å². The van der Waals surface area contributed by atoms with Gasteiger partial charge in [0.1, 0.15) is 11.5 Å². The summed E-state index contributed by atoms with van der Waals surface area (Å²) in [5, 5.41) is 0. The molecule has 2 aromatic rings. The summed E-state index contributed by atoms with van der Waals surface area (Å²) in [4.78, 5) is 4.08. The molecule has 0 amide bonds. The summed E-state index contributed by atoms with van der Waals surface area (Å²) in [5.74, 6) is 7.55. The highest BCUT2D eigenvalue weighted by Gasteiger charge is 2.00. The minimum atomic E-state index is 0.332. The van der Waals surface area contributed by atoms with Gasteiger partial charge in [-0.3, -0.25) is 0 Å². The lowest BCUT2D eigenvalue weighted by atomic mass is 10.3. The van der Waals surface area contributed by atoms with E-state index < -0.39 is 0 Å². The van der Waals surface area contributed by atoms with Crippen molar-refractivity contribution in [3.63, 3.8) is 0 Å². The molecule has 0 N–H and O–H groups in total. The molecule has 0 saturated heterocycles. The first-order valence-corrected chi connectivity index (χ1v) is 5.60. The molecule has 90 valence electrons. The van der Waals surface area contributed by atoms with E-state index in [9.17, 15) is 0 Å². The molecular weight excluding hydrogens is 226 g/mol. The Kier molecular flexibility index (Phi) is 4.21. The van der Waals surface area contributed by atoms with Gasteiger partial charge in [0.2, 0.25) is 5.88 Å². The molecule has 3 heteroatoms. The van der Waals surface area contributed by atoms with E-state index in [1.165, 1.54) is 0 Å². The fraction of sp³-hybridized carbons (Fsp3) is 0.133. The van der Waals surface area contributed by atoms with E-state index in [-0.39, 0.29) is 0 Å². The molecule has 1 aromatic carbocycles. The quantitative estimate of drug-likeness (QED) is 0.767. The molecule has 0 aliphatic rings. The van der Waals surface area contributed by atoms with Gasteiger partial charge in [-0.25, -0.2) is 4.98 Å². The van der Waals surface area contributed by atoms with Crippen LogP contribution in [0.25, 0.3) is 0 Å². The van der Waals surface area contributed by atoms with E-state index in [2.05, 4.69) is 16.8 Å². The van der Waals surface area contributed by atoms with Crippen LogP contribution in [0.5, 0.6) is 17.4 Å². The fourth-order valence-corrected chi connectivity index (χ4v) is 1.34. The normalized spacial score (nSPS) is 9.17. The molecule has 0 unspecified atom stereocenters. The first-order valence-electron chi connectivity index (χ1n) is 5.60. The maximum Gasteiger partial charge on any atom is 0.217 e. The average Bonchev–Trinajstić information content (AvgIpc) is 2.41. The van der Waals surface area contributed by atoms with Crippen LogP contribution in [0, 0.1) is 11.8 Å². The second-order valence-corrected chi connectivity index (χ2v) is 3.46. The Balaban J connectivity index is 2.04. The predicted octanol–water partition coefficient (Wildman–Crippen LogP) is 3.28. The zero-order chi connectivity index (χ0) is 12.6. The Bertz CT molecular complexity index is 555. The molecule has 2 rings (SSSR count). The lowest BCUT2D eigenvalue weighted by Gasteiger charge is -2.06. The van der Waals surface area contributed by atoms with Gasteiger partial charge in [-0.15, -0.1) is 5.92 Å². The van der Waals surface area contributed by atoms with E-state index in [4.69, 9.17) is 9.47 Å². The highest BCUT2D eigenvalue weighted by Crippen LogP contribution is 2.23. The molecule has 1 heterocycles. The first-order chi connectivity index (χ1) is 8.88. The molecule has 0 atom stereocenters. The van der Waals surface area contributed by atoms with E-state index in [1.54, 1.807) is 25.3 Å². The van der Waals surface area contributed by atoms with Crippen molar-refractivity contribution in [2.24, 2.45) is 0 Å². The number of hydrogen-bond donors (Lipinski definition) is 0. The lowest BCUT2D eigenvalue weighted by molar-refractivity contribution is 0.352. The van der Waals surface area contributed by atoms with Crippen LogP contribution in [0.15, 0.2) is 48.7 Å². The number of hydrogen-bond acceptors (Lipinski definition) is 3. The smallest absolute Gasteiger partial charge is 0.217 e. The van der Waals surface area contributed by atoms with Gasteiger partial charge in [0.15, 0.2) is 6.61 Å². The van der Waals surface area contributed by atoms with Gasteiger partial charge in [-0.1, -0.05) is 24.1 Å². The van der Waals surface area contributed by atoms with Gasteiger partial charge in [-0.2, -0.15) is 0 Å². The molecule has 1 aromatic heterocycles. The minimum absolute atomic E-state index is 0.332. The third-order valence-electron chi connectivity index (χ3n) is 2.15. The van der Waals surface area contributed by atoms with Gasteiger partial charge in [0.05, 0.1) is 0 Å². The summed E-state index contributed by atoms with van der Waals surface area (Å²) >= 11 is 0. The molecule has 0 bridgehead atoms. The zero-order valence-corrected chi connectivity index (χ0v) is 10.1. The standard InChI is InChI=1S/C15H13NO2/c1-2-3-11-17-15-12-14(9-10-16-15)18-13-7-5-4-6-8-13/h4-10,12H,11H2,1H3. The monoisotopic (exact) mass is 239 g/mol. The molecule has 0 fully saturated rings. The summed E-state index contributed by atoms with van der Waals surface area (Å²) in [6.07, 6.45) is 1.65. The van der Waals surface area contributed by atoms with Gasteiger partial charge < -0.3 is 9.47 Å². The Hall–Kier alpha value is -2.47. The highest BCUT2D eigenvalue weighted by atomic mass is 16.5. The SMILES string of the molecule is CC#CCOc1cc(Oc2ccccc2)ccn1. The third kappa shape index (κ3) is 3.53. The highest BCUT2D eigenvalue weighted by molar-refractivity contribution is 5.32. The van der Waals surface area contributed by atoms with Crippen LogP contribution in [-0.4, -0.2) is 11.6 Å². The fourth-order valence-electron chi connectivity index (χ4n) is 1.34. The Labute approximate surface area is 106 Å². The number of aromatic nitrogens is 1. The molecule has 3 nitrogen and oxygen atoms in total.